The summed E-state index contributed by atoms with van der Waals surface area (Å²) in [4.78, 5) is 22.6. The van der Waals surface area contributed by atoms with Crippen LogP contribution in [-0.4, -0.2) is 67.1 Å². The van der Waals surface area contributed by atoms with E-state index in [1.54, 1.807) is 28.8 Å². The molecule has 0 atom stereocenters. The number of carbonyl (C=O) groups excluding carboxylic acids is 1. The molecule has 2 aromatic carbocycles. The van der Waals surface area contributed by atoms with Crippen LogP contribution in [0.4, 0.5) is 10.1 Å². The second kappa shape index (κ2) is 13.3. The Labute approximate surface area is 242 Å². The number of anilines is 1. The number of hydrogen-bond donors (Lipinski definition) is 1. The molecule has 0 radical (unpaired) electrons. The minimum absolute atomic E-state index is 0.278. The van der Waals surface area contributed by atoms with Crippen molar-refractivity contribution in [3.05, 3.63) is 80.6 Å². The van der Waals surface area contributed by atoms with Gasteiger partial charge in [-0.25, -0.2) is 9.37 Å². The molecule has 4 aromatic rings. The zero-order valence-electron chi connectivity index (χ0n) is 22.7. The molecule has 0 spiro atoms. The molecule has 208 valence electrons. The number of hydrogen-bond acceptors (Lipinski definition) is 7. The highest BCUT2D eigenvalue weighted by molar-refractivity contribution is 7.14. The van der Waals surface area contributed by atoms with E-state index in [1.807, 2.05) is 22.9 Å². The molecule has 1 saturated heterocycles. The quantitative estimate of drug-likeness (QED) is 0.300. The molecule has 0 bridgehead atoms. The minimum Gasteiger partial charge on any atom is -0.379 e. The maximum Gasteiger partial charge on any atom is 0.275 e. The second-order valence-corrected chi connectivity index (χ2v) is 11.4. The third kappa shape index (κ3) is 7.03. The monoisotopic (exact) mass is 576 g/mol. The Hall–Kier alpha value is -3.37. The van der Waals surface area contributed by atoms with Crippen LogP contribution in [0.25, 0.3) is 34.0 Å². The molecule has 1 amide bonds. The van der Waals surface area contributed by atoms with E-state index in [9.17, 15) is 9.18 Å². The van der Waals surface area contributed by atoms with Crippen LogP contribution in [0, 0.1) is 5.82 Å². The number of carbonyl (C=O) groups is 1. The molecule has 5 rings (SSSR count). The molecule has 6 nitrogen and oxygen atoms in total. The number of rotatable bonds is 9. The third-order valence-electron chi connectivity index (χ3n) is 6.79. The summed E-state index contributed by atoms with van der Waals surface area (Å²) in [6, 6.07) is 12.4. The Balaban J connectivity index is 1.49. The summed E-state index contributed by atoms with van der Waals surface area (Å²) in [6.07, 6.45) is 5.16. The van der Waals surface area contributed by atoms with E-state index in [1.165, 1.54) is 23.5 Å². The summed E-state index contributed by atoms with van der Waals surface area (Å²) in [5, 5.41) is 11.8. The number of nitrogens with one attached hydrogen (secondary N) is 1. The smallest absolute Gasteiger partial charge is 0.275 e. The molecule has 40 heavy (non-hydrogen) atoms. The van der Waals surface area contributed by atoms with Gasteiger partial charge in [0.25, 0.3) is 5.91 Å². The third-order valence-corrected chi connectivity index (χ3v) is 8.36. The first-order chi connectivity index (χ1) is 19.5. The molecule has 0 unspecified atom stereocenters. The number of ether oxygens (including phenoxy) is 1. The van der Waals surface area contributed by atoms with E-state index < -0.39 is 0 Å². The van der Waals surface area contributed by atoms with Gasteiger partial charge in [-0.3, -0.25) is 9.69 Å². The van der Waals surface area contributed by atoms with Crippen molar-refractivity contribution in [2.45, 2.75) is 13.3 Å². The van der Waals surface area contributed by atoms with E-state index in [2.05, 4.69) is 52.4 Å². The zero-order chi connectivity index (χ0) is 27.9. The van der Waals surface area contributed by atoms with Gasteiger partial charge in [-0.2, -0.15) is 11.3 Å². The van der Waals surface area contributed by atoms with Gasteiger partial charge in [0.05, 0.1) is 13.2 Å². The molecular weight excluding hydrogens is 543 g/mol. The van der Waals surface area contributed by atoms with Crippen LogP contribution in [0.3, 0.4) is 0 Å². The lowest BCUT2D eigenvalue weighted by Gasteiger charge is -2.28. The summed E-state index contributed by atoms with van der Waals surface area (Å²) >= 11 is 3.05. The van der Waals surface area contributed by atoms with Crippen LogP contribution < -0.4 is 15.8 Å². The number of thiophene rings is 1. The molecule has 9 heteroatoms. The molecular formula is C31H33FN4O2S2. The second-order valence-electron chi connectivity index (χ2n) is 9.71. The molecule has 1 aliphatic heterocycles. The molecule has 0 aliphatic carbocycles. The molecule has 1 fully saturated rings. The Morgan fingerprint density at radius 2 is 1.93 bits per heavy atom. The van der Waals surface area contributed by atoms with Crippen LogP contribution in [0.1, 0.15) is 23.8 Å². The van der Waals surface area contributed by atoms with Crippen LogP contribution in [0.2, 0.25) is 0 Å². The summed E-state index contributed by atoms with van der Waals surface area (Å²) < 4.78 is 19.2. The largest absolute Gasteiger partial charge is 0.379 e. The molecule has 1 N–H and O–H groups in total. The fourth-order valence-electron chi connectivity index (χ4n) is 4.62. The summed E-state index contributed by atoms with van der Waals surface area (Å²) in [7, 11) is 2.07. The Morgan fingerprint density at radius 3 is 2.65 bits per heavy atom. The number of amides is 1. The Bertz CT molecular complexity index is 1550. The van der Waals surface area contributed by atoms with Crippen molar-refractivity contribution < 1.29 is 13.9 Å². The van der Waals surface area contributed by atoms with Gasteiger partial charge in [0.15, 0.2) is 0 Å². The number of aromatic nitrogens is 1. The fourth-order valence-corrected chi connectivity index (χ4v) is 6.13. The number of halogens is 1. The number of morpholine rings is 1. The van der Waals surface area contributed by atoms with Crippen molar-refractivity contribution in [1.29, 1.82) is 0 Å². The molecule has 3 heterocycles. The normalized spacial score (nSPS) is 15.0. The number of likely N-dealkylation sites (N-methyl/N-ethyl adjacent to an activating group) is 1. The van der Waals surface area contributed by atoms with E-state index in [-0.39, 0.29) is 11.7 Å². The lowest BCUT2D eigenvalue weighted by Crippen LogP contribution is -2.40. The molecule has 1 aliphatic rings. The predicted octanol–water partition coefficient (Wildman–Crippen LogP) is 5.12. The van der Waals surface area contributed by atoms with E-state index in [0.717, 1.165) is 77.9 Å². The first-order valence-corrected chi connectivity index (χ1v) is 15.2. The maximum atomic E-state index is 13.8. The van der Waals surface area contributed by atoms with Crippen molar-refractivity contribution in [1.82, 2.24) is 14.8 Å². The molecule has 0 saturated carbocycles. The van der Waals surface area contributed by atoms with Crippen molar-refractivity contribution in [2.24, 2.45) is 0 Å². The fraction of sp³-hybridized carbons (Fsp3) is 0.290. The van der Waals surface area contributed by atoms with Crippen molar-refractivity contribution >= 4 is 46.5 Å². The zero-order valence-corrected chi connectivity index (χ0v) is 24.4. The highest BCUT2D eigenvalue weighted by Crippen LogP contribution is 2.28. The highest BCUT2D eigenvalue weighted by Gasteiger charge is 2.16. The minimum atomic E-state index is -0.301. The number of thiazole rings is 1. The topological polar surface area (TPSA) is 57.7 Å². The Kier molecular flexibility index (Phi) is 9.38. The van der Waals surface area contributed by atoms with Crippen LogP contribution in [0.15, 0.2) is 58.6 Å². The highest BCUT2D eigenvalue weighted by atomic mass is 32.1. The van der Waals surface area contributed by atoms with Crippen LogP contribution in [-0.2, 0) is 4.74 Å². The van der Waals surface area contributed by atoms with Crippen LogP contribution >= 0.6 is 22.7 Å². The van der Waals surface area contributed by atoms with E-state index in [4.69, 9.17) is 4.74 Å². The lowest BCUT2D eigenvalue weighted by atomic mass is 10.0. The average molecular weight is 577 g/mol. The van der Waals surface area contributed by atoms with Gasteiger partial charge in [-0.15, -0.1) is 11.3 Å². The Morgan fingerprint density at radius 1 is 1.12 bits per heavy atom. The van der Waals surface area contributed by atoms with Gasteiger partial charge >= 0.3 is 0 Å². The van der Waals surface area contributed by atoms with Gasteiger partial charge in [0.2, 0.25) is 0 Å². The number of nitrogens with zero attached hydrogens (tertiary/aromatic N) is 3. The summed E-state index contributed by atoms with van der Waals surface area (Å²) in [5.41, 5.74) is 3.69. The summed E-state index contributed by atoms with van der Waals surface area (Å²) in [6.45, 7) is 7.40. The van der Waals surface area contributed by atoms with Crippen molar-refractivity contribution in [2.75, 3.05) is 51.8 Å². The van der Waals surface area contributed by atoms with E-state index >= 15 is 0 Å². The maximum absolute atomic E-state index is 13.8. The van der Waals surface area contributed by atoms with Gasteiger partial charge in [-0.1, -0.05) is 25.1 Å². The van der Waals surface area contributed by atoms with Gasteiger partial charge in [-0.05, 0) is 58.1 Å². The standard InChI is InChI=1S/C31H33FN4O2S2/c1-3-4-23-17-27(22-5-7-26(32)8-6-22)28(18-25(23)19-35(2)10-11-36-12-14-38-15-13-36)33-30(37)29-21-40-31(34-29)24-9-16-39-20-24/h4-9,16-21H,3,10-15H2,1-2H3,(H,33,37)/b23-4+,25-19-. The van der Waals surface area contributed by atoms with Gasteiger partial charge in [0.1, 0.15) is 16.5 Å². The van der Waals surface area contributed by atoms with Gasteiger partial charge < -0.3 is 15.0 Å². The first-order valence-electron chi connectivity index (χ1n) is 13.4. The van der Waals surface area contributed by atoms with Crippen molar-refractivity contribution in [3.8, 4) is 21.7 Å². The molecule has 2 aromatic heterocycles. The lowest BCUT2D eigenvalue weighted by molar-refractivity contribution is 0.0364. The van der Waals surface area contributed by atoms with Gasteiger partial charge in [0, 0.05) is 67.0 Å². The SMILES string of the molecule is CC/C=c1\cc(-c2ccc(F)cc2)c(NC(=O)c2csc(-c3ccsc3)n2)c\c1=C\N(C)CCN1CCOCC1. The summed E-state index contributed by atoms with van der Waals surface area (Å²) in [5.74, 6) is -0.579. The van der Waals surface area contributed by atoms with Crippen molar-refractivity contribution in [3.63, 3.8) is 0 Å². The number of benzene rings is 2. The predicted molar refractivity (Wildman–Crippen MR) is 164 cm³/mol. The average Bonchev–Trinajstić information content (AvgIpc) is 3.67. The first kappa shape index (κ1) is 28.2. The van der Waals surface area contributed by atoms with Crippen LogP contribution in [0.5, 0.6) is 0 Å². The van der Waals surface area contributed by atoms with E-state index in [0.29, 0.717) is 11.4 Å².